The van der Waals surface area contributed by atoms with Crippen LogP contribution in [0.4, 0.5) is 0 Å². The van der Waals surface area contributed by atoms with Crippen molar-refractivity contribution < 1.29 is 13.9 Å². The summed E-state index contributed by atoms with van der Waals surface area (Å²) in [6.07, 6.45) is 0. The minimum absolute atomic E-state index is 0.363. The highest BCUT2D eigenvalue weighted by Gasteiger charge is 2.21. The summed E-state index contributed by atoms with van der Waals surface area (Å²) in [4.78, 5) is 16.4. The molecule has 0 saturated heterocycles. The fourth-order valence-electron chi connectivity index (χ4n) is 3.61. The Balaban J connectivity index is 1.74. The van der Waals surface area contributed by atoms with Crippen molar-refractivity contribution >= 4 is 16.9 Å². The number of benzene rings is 3. The highest BCUT2D eigenvalue weighted by molar-refractivity contribution is 6.03. The van der Waals surface area contributed by atoms with E-state index in [2.05, 4.69) is 18.2 Å². The molecular weight excluding hydrogens is 362 g/mol. The highest BCUT2D eigenvalue weighted by Crippen LogP contribution is 2.42. The number of hydrogen-bond donors (Lipinski definition) is 0. The molecule has 0 bridgehead atoms. The average Bonchev–Trinajstić information content (AvgIpc) is 3.17. The zero-order valence-corrected chi connectivity index (χ0v) is 15.8. The molecule has 4 heteroatoms. The number of fused-ring (bicyclic) bond motifs is 3. The van der Waals surface area contributed by atoms with Crippen LogP contribution in [0.15, 0.2) is 89.3 Å². The fraction of sp³-hybridized carbons (Fsp3) is 0.0400. The van der Waals surface area contributed by atoms with E-state index in [0.29, 0.717) is 17.2 Å². The molecule has 0 unspecified atom stereocenters. The predicted octanol–water partition coefficient (Wildman–Crippen LogP) is 6.05. The minimum atomic E-state index is -0.363. The van der Waals surface area contributed by atoms with Crippen molar-refractivity contribution in [3.8, 4) is 33.9 Å². The maximum atomic E-state index is 11.7. The zero-order valence-electron chi connectivity index (χ0n) is 15.8. The van der Waals surface area contributed by atoms with Crippen LogP contribution in [0.2, 0.25) is 0 Å². The normalized spacial score (nSPS) is 11.1. The second kappa shape index (κ2) is 6.91. The summed E-state index contributed by atoms with van der Waals surface area (Å²) >= 11 is 0. The molecule has 0 atom stereocenters. The van der Waals surface area contributed by atoms with Gasteiger partial charge in [-0.2, -0.15) is 0 Å². The molecule has 0 amide bonds. The van der Waals surface area contributed by atoms with Gasteiger partial charge >= 0.3 is 5.97 Å². The third kappa shape index (κ3) is 2.95. The maximum absolute atomic E-state index is 11.7. The average molecular weight is 379 g/mol. The molecular formula is C25H17NO3. The molecule has 0 aromatic heterocycles. The van der Waals surface area contributed by atoms with Gasteiger partial charge in [0.15, 0.2) is 0 Å². The number of methoxy groups -OCH3 is 1. The molecule has 4 nitrogen and oxygen atoms in total. The summed E-state index contributed by atoms with van der Waals surface area (Å²) < 4.78 is 11.0. The summed E-state index contributed by atoms with van der Waals surface area (Å²) in [7, 11) is 1.37. The summed E-state index contributed by atoms with van der Waals surface area (Å²) in [6, 6.07) is 27.5. The zero-order chi connectivity index (χ0) is 19.8. The first kappa shape index (κ1) is 17.2. The second-order valence-corrected chi connectivity index (χ2v) is 6.77. The molecule has 0 radical (unpaired) electrons. The van der Waals surface area contributed by atoms with Crippen molar-refractivity contribution in [3.05, 3.63) is 90.5 Å². The number of ether oxygens (including phenoxy) is 1. The topological polar surface area (TPSA) is 52.3 Å². The van der Waals surface area contributed by atoms with Gasteiger partial charge in [-0.05, 0) is 35.4 Å². The van der Waals surface area contributed by atoms with Gasteiger partial charge in [0, 0.05) is 10.9 Å². The van der Waals surface area contributed by atoms with Crippen LogP contribution in [0, 0.1) is 0 Å². The van der Waals surface area contributed by atoms with Gasteiger partial charge in [-0.3, -0.25) is 0 Å². The molecule has 0 aliphatic carbocycles. The first-order valence-electron chi connectivity index (χ1n) is 9.31. The Morgan fingerprint density at radius 2 is 1.59 bits per heavy atom. The highest BCUT2D eigenvalue weighted by atomic mass is 16.5. The maximum Gasteiger partial charge on any atom is 0.337 e. The summed E-state index contributed by atoms with van der Waals surface area (Å²) in [5, 5.41) is 1.07. The van der Waals surface area contributed by atoms with E-state index in [1.54, 1.807) is 12.1 Å². The molecule has 0 spiro atoms. The molecule has 0 fully saturated rings. The van der Waals surface area contributed by atoms with Crippen molar-refractivity contribution in [1.29, 1.82) is 0 Å². The molecule has 2 aliphatic rings. The lowest BCUT2D eigenvalue weighted by Crippen LogP contribution is -2.00. The molecule has 2 aliphatic heterocycles. The van der Waals surface area contributed by atoms with Gasteiger partial charge in [0.2, 0.25) is 5.89 Å². The number of hydrogen-bond acceptors (Lipinski definition) is 4. The molecule has 140 valence electrons. The summed E-state index contributed by atoms with van der Waals surface area (Å²) in [5.41, 5.74) is 5.43. The van der Waals surface area contributed by atoms with Gasteiger partial charge in [0.05, 0.1) is 23.8 Å². The quantitative estimate of drug-likeness (QED) is 0.358. The second-order valence-electron chi connectivity index (χ2n) is 6.77. The van der Waals surface area contributed by atoms with Crippen LogP contribution in [-0.2, 0) is 4.74 Å². The molecule has 29 heavy (non-hydrogen) atoms. The van der Waals surface area contributed by atoms with Crippen LogP contribution in [0.25, 0.3) is 44.8 Å². The van der Waals surface area contributed by atoms with Crippen LogP contribution in [0.5, 0.6) is 0 Å². The molecule has 2 heterocycles. The molecule has 0 N–H and O–H groups in total. The van der Waals surface area contributed by atoms with Gasteiger partial charge in [0.25, 0.3) is 0 Å². The Kier molecular flexibility index (Phi) is 4.10. The predicted molar refractivity (Wildman–Crippen MR) is 113 cm³/mol. The number of rotatable bonds is 3. The van der Waals surface area contributed by atoms with E-state index in [-0.39, 0.29) is 5.97 Å². The van der Waals surface area contributed by atoms with Crippen LogP contribution in [-0.4, -0.2) is 18.1 Å². The first-order valence-corrected chi connectivity index (χ1v) is 9.31. The Hall–Kier alpha value is -3.92. The number of aromatic nitrogens is 1. The van der Waals surface area contributed by atoms with E-state index < -0.39 is 0 Å². The molecule has 5 rings (SSSR count). The van der Waals surface area contributed by atoms with Crippen LogP contribution in [0.1, 0.15) is 10.4 Å². The molecule has 0 saturated carbocycles. The smallest absolute Gasteiger partial charge is 0.337 e. The first-order chi connectivity index (χ1) is 14.2. The van der Waals surface area contributed by atoms with Crippen molar-refractivity contribution in [2.45, 2.75) is 0 Å². The standard InChI is InChI=1S/C25H17NO3/c1-28-25(27)18-13-11-17(12-14-18)22-15-20(16-7-3-2-4-8-16)23-19-9-5-6-10-21(19)26-24(23)29-22/h2-15H,1H3. The third-order valence-electron chi connectivity index (χ3n) is 5.04. The number of esters is 1. The number of carbonyl (C=O) groups is 1. The van der Waals surface area contributed by atoms with Crippen molar-refractivity contribution in [2.75, 3.05) is 7.11 Å². The number of nitrogens with zero attached hydrogens (tertiary/aromatic N) is 1. The Labute approximate surface area is 167 Å². The van der Waals surface area contributed by atoms with E-state index in [9.17, 15) is 4.79 Å². The van der Waals surface area contributed by atoms with E-state index in [1.165, 1.54) is 7.11 Å². The van der Waals surface area contributed by atoms with Crippen LogP contribution >= 0.6 is 0 Å². The number of para-hydroxylation sites is 1. The van der Waals surface area contributed by atoms with Crippen molar-refractivity contribution in [1.82, 2.24) is 4.98 Å². The molecule has 3 aromatic rings. The Bertz CT molecular complexity index is 1290. The van der Waals surface area contributed by atoms with Gasteiger partial charge in [-0.1, -0.05) is 60.7 Å². The van der Waals surface area contributed by atoms with Crippen molar-refractivity contribution in [2.24, 2.45) is 0 Å². The number of carbonyl (C=O) groups excluding carboxylic acids is 1. The lowest BCUT2D eigenvalue weighted by molar-refractivity contribution is 0.0600. The van der Waals surface area contributed by atoms with E-state index in [4.69, 9.17) is 14.1 Å². The van der Waals surface area contributed by atoms with Crippen LogP contribution < -0.4 is 0 Å². The fourth-order valence-corrected chi connectivity index (χ4v) is 3.61. The minimum Gasteiger partial charge on any atom is -0.465 e. The Morgan fingerprint density at radius 1 is 0.862 bits per heavy atom. The SMILES string of the molecule is COC(=O)c1ccc(-c2cc(-c3ccccc3)c3c4ccccc4nc-3o2)cc1. The summed E-state index contributed by atoms with van der Waals surface area (Å²) in [6.45, 7) is 0. The van der Waals surface area contributed by atoms with Gasteiger partial charge in [-0.25, -0.2) is 9.78 Å². The monoisotopic (exact) mass is 379 g/mol. The largest absolute Gasteiger partial charge is 0.465 e. The van der Waals surface area contributed by atoms with Gasteiger partial charge < -0.3 is 9.15 Å². The third-order valence-corrected chi connectivity index (χ3v) is 5.04. The molecule has 3 aromatic carbocycles. The van der Waals surface area contributed by atoms with Gasteiger partial charge in [0.1, 0.15) is 5.76 Å². The Morgan fingerprint density at radius 3 is 2.34 bits per heavy atom. The lowest BCUT2D eigenvalue weighted by atomic mass is 9.97. The van der Waals surface area contributed by atoms with E-state index in [0.717, 1.165) is 33.2 Å². The van der Waals surface area contributed by atoms with Crippen LogP contribution in [0.3, 0.4) is 0 Å². The van der Waals surface area contributed by atoms with E-state index in [1.807, 2.05) is 54.6 Å². The van der Waals surface area contributed by atoms with E-state index >= 15 is 0 Å². The summed E-state index contributed by atoms with van der Waals surface area (Å²) in [5.74, 6) is 0.924. The van der Waals surface area contributed by atoms with Gasteiger partial charge in [-0.15, -0.1) is 0 Å². The van der Waals surface area contributed by atoms with Crippen molar-refractivity contribution in [3.63, 3.8) is 0 Å². The lowest BCUT2D eigenvalue weighted by Gasteiger charge is -2.11.